The van der Waals surface area contributed by atoms with Gasteiger partial charge in [0.25, 0.3) is 0 Å². The third kappa shape index (κ3) is 3.89. The van der Waals surface area contributed by atoms with Crippen LogP contribution in [0.25, 0.3) is 0 Å². The Hall–Kier alpha value is -1.70. The van der Waals surface area contributed by atoms with Gasteiger partial charge in [0.1, 0.15) is 5.82 Å². The minimum Gasteiger partial charge on any atom is -0.349 e. The number of benzene rings is 1. The lowest BCUT2D eigenvalue weighted by Gasteiger charge is -2.07. The van der Waals surface area contributed by atoms with E-state index >= 15 is 0 Å². The molecule has 0 amide bonds. The molecule has 6 nitrogen and oxygen atoms in total. The quantitative estimate of drug-likeness (QED) is 0.657. The number of H-pyrrole nitrogens is 1. The first-order chi connectivity index (χ1) is 9.62. The largest absolute Gasteiger partial charge is 0.349 e. The van der Waals surface area contributed by atoms with Gasteiger partial charge in [-0.15, -0.1) is 0 Å². The first kappa shape index (κ1) is 14.7. The van der Waals surface area contributed by atoms with Gasteiger partial charge >= 0.3 is 0 Å². The van der Waals surface area contributed by atoms with Crippen molar-refractivity contribution in [3.8, 4) is 0 Å². The predicted octanol–water partition coefficient (Wildman–Crippen LogP) is 0.779. The molecule has 0 saturated carbocycles. The van der Waals surface area contributed by atoms with Crippen LogP contribution in [-0.4, -0.2) is 24.9 Å². The molecule has 2 aromatic rings. The Labute approximate surface area is 118 Å². The fourth-order valence-corrected chi connectivity index (χ4v) is 2.86. The van der Waals surface area contributed by atoms with Gasteiger partial charge in [-0.2, -0.15) is 0 Å². The van der Waals surface area contributed by atoms with Crippen molar-refractivity contribution in [2.24, 2.45) is 5.73 Å². The Morgan fingerprint density at radius 2 is 2.00 bits per heavy atom. The van der Waals surface area contributed by atoms with E-state index in [1.54, 1.807) is 36.7 Å². The number of aromatic nitrogens is 2. The van der Waals surface area contributed by atoms with Crippen LogP contribution in [0.2, 0.25) is 0 Å². The van der Waals surface area contributed by atoms with Crippen molar-refractivity contribution in [3.63, 3.8) is 0 Å². The standard InChI is InChI=1S/C13H18N4O2S/c14-10-11-3-5-12(6-4-11)20(18,19)17-7-1-2-13-15-8-9-16-13/h3-6,8-9,17H,1-2,7,10,14H2,(H,15,16). The third-order valence-electron chi connectivity index (χ3n) is 2.91. The summed E-state index contributed by atoms with van der Waals surface area (Å²) in [6.45, 7) is 0.776. The minimum absolute atomic E-state index is 0.257. The van der Waals surface area contributed by atoms with E-state index in [1.165, 1.54) is 0 Å². The maximum atomic E-state index is 12.0. The molecule has 0 bridgehead atoms. The summed E-state index contributed by atoms with van der Waals surface area (Å²) in [6, 6.07) is 6.57. The summed E-state index contributed by atoms with van der Waals surface area (Å²) in [5.41, 5.74) is 6.38. The number of imidazole rings is 1. The van der Waals surface area contributed by atoms with Gasteiger partial charge in [-0.1, -0.05) is 12.1 Å². The zero-order valence-electron chi connectivity index (χ0n) is 11.0. The molecule has 2 rings (SSSR count). The van der Waals surface area contributed by atoms with E-state index in [1.807, 2.05) is 0 Å². The van der Waals surface area contributed by atoms with Crippen LogP contribution >= 0.6 is 0 Å². The molecule has 1 aromatic carbocycles. The first-order valence-corrected chi connectivity index (χ1v) is 7.87. The molecule has 0 aliphatic rings. The van der Waals surface area contributed by atoms with Gasteiger partial charge in [-0.05, 0) is 24.1 Å². The van der Waals surface area contributed by atoms with E-state index in [4.69, 9.17) is 5.73 Å². The van der Waals surface area contributed by atoms with Crippen molar-refractivity contribution >= 4 is 10.0 Å². The molecule has 0 fully saturated rings. The molecule has 108 valence electrons. The number of nitrogens with one attached hydrogen (secondary N) is 2. The predicted molar refractivity (Wildman–Crippen MR) is 76.4 cm³/mol. The Kier molecular flexibility index (Phi) is 4.89. The summed E-state index contributed by atoms with van der Waals surface area (Å²) in [7, 11) is -3.45. The van der Waals surface area contributed by atoms with E-state index in [0.717, 1.165) is 11.4 Å². The second-order valence-electron chi connectivity index (χ2n) is 4.39. The molecule has 0 atom stereocenters. The van der Waals surface area contributed by atoms with Crippen molar-refractivity contribution in [2.75, 3.05) is 6.54 Å². The van der Waals surface area contributed by atoms with Gasteiger partial charge in [0.05, 0.1) is 4.90 Å². The van der Waals surface area contributed by atoms with Crippen LogP contribution in [0.5, 0.6) is 0 Å². The van der Waals surface area contributed by atoms with Crippen molar-refractivity contribution < 1.29 is 8.42 Å². The van der Waals surface area contributed by atoms with Crippen molar-refractivity contribution in [3.05, 3.63) is 48.0 Å². The third-order valence-corrected chi connectivity index (χ3v) is 4.38. The van der Waals surface area contributed by atoms with Crippen LogP contribution in [0.15, 0.2) is 41.6 Å². The molecular weight excluding hydrogens is 276 g/mol. The number of sulfonamides is 1. The van der Waals surface area contributed by atoms with Crippen LogP contribution in [-0.2, 0) is 23.0 Å². The molecule has 0 unspecified atom stereocenters. The van der Waals surface area contributed by atoms with Gasteiger partial charge in [0.15, 0.2) is 0 Å². The number of nitrogens with two attached hydrogens (primary N) is 1. The average molecular weight is 294 g/mol. The number of aromatic amines is 1. The lowest BCUT2D eigenvalue weighted by Crippen LogP contribution is -2.25. The zero-order chi connectivity index (χ0) is 14.4. The topological polar surface area (TPSA) is 101 Å². The van der Waals surface area contributed by atoms with Crippen molar-refractivity contribution in [2.45, 2.75) is 24.3 Å². The van der Waals surface area contributed by atoms with E-state index in [0.29, 0.717) is 25.9 Å². The van der Waals surface area contributed by atoms with Gasteiger partial charge in [-0.25, -0.2) is 18.1 Å². The van der Waals surface area contributed by atoms with Crippen LogP contribution in [0.4, 0.5) is 0 Å². The highest BCUT2D eigenvalue weighted by Crippen LogP contribution is 2.10. The normalized spacial score (nSPS) is 11.7. The lowest BCUT2D eigenvalue weighted by molar-refractivity contribution is 0.578. The Morgan fingerprint density at radius 3 is 2.60 bits per heavy atom. The van der Waals surface area contributed by atoms with E-state index in [2.05, 4.69) is 14.7 Å². The fraction of sp³-hybridized carbons (Fsp3) is 0.308. The zero-order valence-corrected chi connectivity index (χ0v) is 11.9. The molecule has 0 aliphatic heterocycles. The molecule has 7 heteroatoms. The second kappa shape index (κ2) is 6.65. The van der Waals surface area contributed by atoms with Gasteiger partial charge < -0.3 is 10.7 Å². The molecule has 0 saturated heterocycles. The molecule has 0 aliphatic carbocycles. The first-order valence-electron chi connectivity index (χ1n) is 6.39. The summed E-state index contributed by atoms with van der Waals surface area (Å²) in [5.74, 6) is 0.858. The number of nitrogens with zero attached hydrogens (tertiary/aromatic N) is 1. The van der Waals surface area contributed by atoms with Gasteiger partial charge in [-0.3, -0.25) is 0 Å². The average Bonchev–Trinajstić information content (AvgIpc) is 2.97. The van der Waals surface area contributed by atoms with Crippen molar-refractivity contribution in [1.29, 1.82) is 0 Å². The molecule has 0 spiro atoms. The summed E-state index contributed by atoms with van der Waals surface area (Å²) in [4.78, 5) is 7.32. The number of aryl methyl sites for hydroxylation is 1. The monoisotopic (exact) mass is 294 g/mol. The van der Waals surface area contributed by atoms with Crippen LogP contribution in [0, 0.1) is 0 Å². The molecule has 1 aromatic heterocycles. The highest BCUT2D eigenvalue weighted by Gasteiger charge is 2.12. The molecule has 1 heterocycles. The fourth-order valence-electron chi connectivity index (χ4n) is 1.79. The highest BCUT2D eigenvalue weighted by atomic mass is 32.2. The molecular formula is C13H18N4O2S. The van der Waals surface area contributed by atoms with E-state index in [9.17, 15) is 8.42 Å². The Balaban J connectivity index is 1.86. The second-order valence-corrected chi connectivity index (χ2v) is 6.15. The molecule has 0 radical (unpaired) electrons. The van der Waals surface area contributed by atoms with Crippen LogP contribution in [0.3, 0.4) is 0 Å². The summed E-state index contributed by atoms with van der Waals surface area (Å²) in [5, 5.41) is 0. The number of hydrogen-bond donors (Lipinski definition) is 3. The summed E-state index contributed by atoms with van der Waals surface area (Å²) >= 11 is 0. The van der Waals surface area contributed by atoms with E-state index < -0.39 is 10.0 Å². The summed E-state index contributed by atoms with van der Waals surface area (Å²) < 4.78 is 26.6. The number of hydrogen-bond acceptors (Lipinski definition) is 4. The SMILES string of the molecule is NCc1ccc(S(=O)(=O)NCCCc2ncc[nH]2)cc1. The maximum Gasteiger partial charge on any atom is 0.240 e. The van der Waals surface area contributed by atoms with E-state index in [-0.39, 0.29) is 4.90 Å². The van der Waals surface area contributed by atoms with Gasteiger partial charge in [0, 0.05) is 31.9 Å². The lowest BCUT2D eigenvalue weighted by atomic mass is 10.2. The maximum absolute atomic E-state index is 12.0. The molecule has 4 N–H and O–H groups in total. The Morgan fingerprint density at radius 1 is 1.25 bits per heavy atom. The summed E-state index contributed by atoms with van der Waals surface area (Å²) in [6.07, 6.45) is 4.83. The van der Waals surface area contributed by atoms with Crippen LogP contribution in [0.1, 0.15) is 17.8 Å². The Bertz CT molecular complexity index is 621. The van der Waals surface area contributed by atoms with Crippen LogP contribution < -0.4 is 10.5 Å². The smallest absolute Gasteiger partial charge is 0.240 e. The minimum atomic E-state index is -3.45. The number of rotatable bonds is 7. The molecule has 20 heavy (non-hydrogen) atoms. The van der Waals surface area contributed by atoms with Gasteiger partial charge in [0.2, 0.25) is 10.0 Å². The highest BCUT2D eigenvalue weighted by molar-refractivity contribution is 7.89. The van der Waals surface area contributed by atoms with Crippen molar-refractivity contribution in [1.82, 2.24) is 14.7 Å².